The highest BCUT2D eigenvalue weighted by atomic mass is 16.5. The molecule has 2 N–H and O–H groups in total. The lowest BCUT2D eigenvalue weighted by Gasteiger charge is -2.16. The van der Waals surface area contributed by atoms with Gasteiger partial charge in [-0.1, -0.05) is 12.8 Å². The average Bonchev–Trinajstić information content (AvgIpc) is 3.04. The van der Waals surface area contributed by atoms with E-state index >= 15 is 0 Å². The molecule has 0 spiro atoms. The second kappa shape index (κ2) is 8.10. The number of hydrogen-bond donors (Lipinski definition) is 2. The third kappa shape index (κ3) is 6.14. The van der Waals surface area contributed by atoms with E-state index in [9.17, 15) is 5.11 Å². The molecule has 0 aromatic carbocycles. The van der Waals surface area contributed by atoms with Crippen molar-refractivity contribution in [1.82, 2.24) is 5.32 Å². The van der Waals surface area contributed by atoms with Crippen LogP contribution in [0.5, 0.6) is 0 Å². The van der Waals surface area contributed by atoms with Gasteiger partial charge in [0.2, 0.25) is 0 Å². The van der Waals surface area contributed by atoms with E-state index in [0.29, 0.717) is 19.3 Å². The molecule has 0 aromatic heterocycles. The third-order valence-corrected chi connectivity index (χ3v) is 3.68. The normalized spacial score (nSPS) is 22.5. The molecule has 106 valence electrons. The van der Waals surface area contributed by atoms with Crippen LogP contribution in [0.3, 0.4) is 0 Å². The average molecular weight is 257 g/mol. The molecule has 2 rings (SSSR count). The van der Waals surface area contributed by atoms with Gasteiger partial charge >= 0.3 is 0 Å². The van der Waals surface area contributed by atoms with Crippen LogP contribution in [0, 0.1) is 5.92 Å². The topological polar surface area (TPSA) is 50.7 Å². The van der Waals surface area contributed by atoms with Crippen molar-refractivity contribution in [2.45, 2.75) is 50.7 Å². The van der Waals surface area contributed by atoms with Gasteiger partial charge in [-0.3, -0.25) is 0 Å². The van der Waals surface area contributed by atoms with E-state index in [-0.39, 0.29) is 0 Å². The molecule has 0 aromatic rings. The number of ether oxygens (including phenoxy) is 2. The SMILES string of the molecule is OC(CNCCOCC1CC1)COC1CCCC1. The first-order valence-electron chi connectivity index (χ1n) is 7.42. The molecule has 2 fully saturated rings. The highest BCUT2D eigenvalue weighted by Crippen LogP contribution is 2.28. The van der Waals surface area contributed by atoms with Gasteiger partial charge in [0.05, 0.1) is 25.4 Å². The summed E-state index contributed by atoms with van der Waals surface area (Å²) in [6, 6.07) is 0. The van der Waals surface area contributed by atoms with Crippen LogP contribution in [-0.2, 0) is 9.47 Å². The Labute approximate surface area is 110 Å². The summed E-state index contributed by atoms with van der Waals surface area (Å²) >= 11 is 0. The molecular formula is C14H27NO3. The predicted octanol–water partition coefficient (Wildman–Crippen LogP) is 1.32. The minimum Gasteiger partial charge on any atom is -0.389 e. The van der Waals surface area contributed by atoms with Crippen LogP contribution < -0.4 is 5.32 Å². The number of aliphatic hydroxyl groups is 1. The summed E-state index contributed by atoms with van der Waals surface area (Å²) in [4.78, 5) is 0. The van der Waals surface area contributed by atoms with Crippen molar-refractivity contribution in [1.29, 1.82) is 0 Å². The zero-order chi connectivity index (χ0) is 12.6. The Morgan fingerprint density at radius 2 is 1.94 bits per heavy atom. The zero-order valence-electron chi connectivity index (χ0n) is 11.3. The molecule has 0 saturated heterocycles. The molecule has 1 atom stereocenters. The standard InChI is InChI=1S/C14H27NO3/c16-13(11-18-14-3-1-2-4-14)9-15-7-8-17-10-12-5-6-12/h12-16H,1-11H2. The Morgan fingerprint density at radius 1 is 1.17 bits per heavy atom. The summed E-state index contributed by atoms with van der Waals surface area (Å²) in [6.07, 6.45) is 7.55. The van der Waals surface area contributed by atoms with Crippen LogP contribution in [0.15, 0.2) is 0 Å². The van der Waals surface area contributed by atoms with Gasteiger partial charge in [-0.2, -0.15) is 0 Å². The smallest absolute Gasteiger partial charge is 0.0897 e. The lowest BCUT2D eigenvalue weighted by molar-refractivity contribution is -0.00595. The second-order valence-electron chi connectivity index (χ2n) is 5.62. The Bertz CT molecular complexity index is 215. The van der Waals surface area contributed by atoms with Gasteiger partial charge in [-0.25, -0.2) is 0 Å². The molecule has 0 aliphatic heterocycles. The van der Waals surface area contributed by atoms with Gasteiger partial charge in [-0.15, -0.1) is 0 Å². The molecule has 4 nitrogen and oxygen atoms in total. The highest BCUT2D eigenvalue weighted by Gasteiger charge is 2.20. The maximum atomic E-state index is 9.74. The number of aliphatic hydroxyl groups excluding tert-OH is 1. The van der Waals surface area contributed by atoms with Crippen LogP contribution in [0.25, 0.3) is 0 Å². The van der Waals surface area contributed by atoms with Crippen molar-refractivity contribution >= 4 is 0 Å². The second-order valence-corrected chi connectivity index (χ2v) is 5.62. The fourth-order valence-corrected chi connectivity index (χ4v) is 2.31. The van der Waals surface area contributed by atoms with Gasteiger partial charge in [-0.05, 0) is 31.6 Å². The lowest BCUT2D eigenvalue weighted by atomic mass is 10.3. The van der Waals surface area contributed by atoms with Gasteiger partial charge in [0.25, 0.3) is 0 Å². The predicted molar refractivity (Wildman–Crippen MR) is 70.6 cm³/mol. The van der Waals surface area contributed by atoms with Gasteiger partial charge in [0.15, 0.2) is 0 Å². The van der Waals surface area contributed by atoms with E-state index in [1.54, 1.807) is 0 Å². The monoisotopic (exact) mass is 257 g/mol. The van der Waals surface area contributed by atoms with Crippen molar-refractivity contribution < 1.29 is 14.6 Å². The number of rotatable bonds is 10. The molecule has 0 heterocycles. The van der Waals surface area contributed by atoms with E-state index in [0.717, 1.165) is 38.5 Å². The van der Waals surface area contributed by atoms with Crippen molar-refractivity contribution in [3.05, 3.63) is 0 Å². The summed E-state index contributed by atoms with van der Waals surface area (Å²) in [5, 5.41) is 12.9. The van der Waals surface area contributed by atoms with Gasteiger partial charge < -0.3 is 19.9 Å². The van der Waals surface area contributed by atoms with Crippen LogP contribution in [-0.4, -0.2) is 50.2 Å². The largest absolute Gasteiger partial charge is 0.389 e. The summed E-state index contributed by atoms with van der Waals surface area (Å²) in [5.41, 5.74) is 0. The maximum absolute atomic E-state index is 9.74. The molecule has 0 radical (unpaired) electrons. The third-order valence-electron chi connectivity index (χ3n) is 3.68. The number of nitrogens with one attached hydrogen (secondary N) is 1. The summed E-state index contributed by atoms with van der Waals surface area (Å²) < 4.78 is 11.2. The molecule has 0 bridgehead atoms. The summed E-state index contributed by atoms with van der Waals surface area (Å²) in [5.74, 6) is 0.829. The first kappa shape index (κ1) is 14.3. The lowest BCUT2D eigenvalue weighted by Crippen LogP contribution is -2.33. The molecule has 0 amide bonds. The number of hydrogen-bond acceptors (Lipinski definition) is 4. The molecular weight excluding hydrogens is 230 g/mol. The first-order chi connectivity index (χ1) is 8.84. The fraction of sp³-hybridized carbons (Fsp3) is 1.00. The van der Waals surface area contributed by atoms with Crippen molar-refractivity contribution in [2.24, 2.45) is 5.92 Å². The van der Waals surface area contributed by atoms with E-state index < -0.39 is 6.10 Å². The minimum atomic E-state index is -0.394. The van der Waals surface area contributed by atoms with Gasteiger partial charge in [0.1, 0.15) is 0 Å². The molecule has 2 aliphatic rings. The van der Waals surface area contributed by atoms with Gasteiger partial charge in [0, 0.05) is 19.7 Å². The van der Waals surface area contributed by atoms with Crippen LogP contribution >= 0.6 is 0 Å². The molecule has 1 unspecified atom stereocenters. The highest BCUT2D eigenvalue weighted by molar-refractivity contribution is 4.72. The molecule has 2 aliphatic carbocycles. The van der Waals surface area contributed by atoms with Crippen LogP contribution in [0.2, 0.25) is 0 Å². The van der Waals surface area contributed by atoms with Crippen molar-refractivity contribution in [3.63, 3.8) is 0 Å². The first-order valence-corrected chi connectivity index (χ1v) is 7.42. The van der Waals surface area contributed by atoms with E-state index in [1.165, 1.54) is 25.7 Å². The Hall–Kier alpha value is -0.160. The zero-order valence-corrected chi connectivity index (χ0v) is 11.3. The van der Waals surface area contributed by atoms with Crippen LogP contribution in [0.4, 0.5) is 0 Å². The molecule has 4 heteroatoms. The maximum Gasteiger partial charge on any atom is 0.0897 e. The summed E-state index contributed by atoms with van der Waals surface area (Å²) in [6.45, 7) is 3.52. The molecule has 18 heavy (non-hydrogen) atoms. The molecule has 2 saturated carbocycles. The van der Waals surface area contributed by atoms with Crippen molar-refractivity contribution in [3.8, 4) is 0 Å². The Morgan fingerprint density at radius 3 is 2.67 bits per heavy atom. The van der Waals surface area contributed by atoms with E-state index in [2.05, 4.69) is 5.32 Å². The van der Waals surface area contributed by atoms with Crippen LogP contribution in [0.1, 0.15) is 38.5 Å². The summed E-state index contributed by atoms with van der Waals surface area (Å²) in [7, 11) is 0. The Kier molecular flexibility index (Phi) is 6.41. The Balaban J connectivity index is 1.35. The van der Waals surface area contributed by atoms with E-state index in [1.807, 2.05) is 0 Å². The minimum absolute atomic E-state index is 0.390. The van der Waals surface area contributed by atoms with E-state index in [4.69, 9.17) is 9.47 Å². The fourth-order valence-electron chi connectivity index (χ4n) is 2.31. The quantitative estimate of drug-likeness (QED) is 0.580. The van der Waals surface area contributed by atoms with Crippen molar-refractivity contribution in [2.75, 3.05) is 32.9 Å².